The van der Waals surface area contributed by atoms with Gasteiger partial charge in [0.1, 0.15) is 0 Å². The third-order valence-corrected chi connectivity index (χ3v) is 12.5. The third-order valence-electron chi connectivity index (χ3n) is 6.68. The van der Waals surface area contributed by atoms with Crippen LogP contribution in [-0.2, 0) is 19.5 Å². The zero-order chi connectivity index (χ0) is 29.9. The molecule has 0 aliphatic heterocycles. The summed E-state index contributed by atoms with van der Waals surface area (Å²) in [6.45, 7) is 0. The molecular formula is C35H40BF4P2Rh+. The predicted octanol–water partition coefficient (Wildman–Crippen LogP) is 9.08. The van der Waals surface area contributed by atoms with Crippen molar-refractivity contribution in [1.29, 1.82) is 0 Å². The summed E-state index contributed by atoms with van der Waals surface area (Å²) in [7, 11) is -7.48. The van der Waals surface area contributed by atoms with Crippen molar-refractivity contribution >= 4 is 44.3 Å². The van der Waals surface area contributed by atoms with Crippen LogP contribution in [0.25, 0.3) is 0 Å². The second-order valence-corrected chi connectivity index (χ2v) is 15.1. The molecule has 0 bridgehead atoms. The van der Waals surface area contributed by atoms with Crippen molar-refractivity contribution in [3.63, 3.8) is 0 Å². The van der Waals surface area contributed by atoms with Gasteiger partial charge in [-0.3, -0.25) is 0 Å². The van der Waals surface area contributed by atoms with Crippen LogP contribution in [0.1, 0.15) is 32.1 Å². The summed E-state index contributed by atoms with van der Waals surface area (Å²) in [5, 5.41) is 6.10. The second-order valence-electron chi connectivity index (χ2n) is 9.87. The molecule has 0 saturated carbocycles. The van der Waals surface area contributed by atoms with Gasteiger partial charge in [-0.25, -0.2) is 0 Å². The molecule has 1 aliphatic rings. The molecule has 0 amide bonds. The van der Waals surface area contributed by atoms with E-state index >= 15 is 0 Å². The molecule has 4 aromatic carbocycles. The van der Waals surface area contributed by atoms with Gasteiger partial charge in [0.2, 0.25) is 0 Å². The van der Waals surface area contributed by atoms with Gasteiger partial charge in [-0.2, -0.15) is 0 Å². The molecule has 0 fully saturated rings. The minimum absolute atomic E-state index is 0. The molecular weight excluding hydrogens is 672 g/mol. The Morgan fingerprint density at radius 2 is 0.628 bits per heavy atom. The van der Waals surface area contributed by atoms with E-state index in [1.807, 2.05) is 0 Å². The third kappa shape index (κ3) is 15.8. The first kappa shape index (κ1) is 36.8. The van der Waals surface area contributed by atoms with E-state index in [2.05, 4.69) is 146 Å². The Hall–Kier alpha value is -2.37. The smallest absolute Gasteiger partial charge is 0.418 e. The summed E-state index contributed by atoms with van der Waals surface area (Å²) in [6.07, 6.45) is 17.8. The van der Waals surface area contributed by atoms with Crippen LogP contribution in [0.2, 0.25) is 0 Å². The summed E-state index contributed by atoms with van der Waals surface area (Å²) >= 11 is 0. The zero-order valence-corrected chi connectivity index (χ0v) is 27.9. The fourth-order valence-corrected chi connectivity index (χ4v) is 10.4. The quantitative estimate of drug-likeness (QED) is 0.0741. The molecule has 0 spiro atoms. The van der Waals surface area contributed by atoms with Gasteiger partial charge in [-0.1, -0.05) is 97.1 Å². The van der Waals surface area contributed by atoms with Crippen molar-refractivity contribution in [2.75, 3.05) is 12.3 Å². The first-order valence-corrected chi connectivity index (χ1v) is 17.9. The molecule has 5 rings (SSSR count). The van der Waals surface area contributed by atoms with Crippen LogP contribution in [0.5, 0.6) is 0 Å². The molecule has 0 unspecified atom stereocenters. The summed E-state index contributed by atoms with van der Waals surface area (Å²) in [5.41, 5.74) is 0. The van der Waals surface area contributed by atoms with Crippen molar-refractivity contribution in [3.05, 3.63) is 146 Å². The maximum atomic E-state index is 9.75. The van der Waals surface area contributed by atoms with E-state index < -0.39 is 23.1 Å². The molecule has 0 atom stereocenters. The second kappa shape index (κ2) is 21.3. The number of hydrogen-bond donors (Lipinski definition) is 0. The molecule has 0 heterocycles. The SMILES string of the molecule is C1=C\CC/C=C\CC/1.F[B-](F)(F)F.[Rh].c1ccc([PH+](CCC[PH+](c2ccccc2)c2ccccc2)c2ccccc2)cc1. The van der Waals surface area contributed by atoms with Crippen molar-refractivity contribution < 1.29 is 36.7 Å². The first-order valence-electron chi connectivity index (χ1n) is 14.5. The molecule has 0 aromatic heterocycles. The van der Waals surface area contributed by atoms with Crippen LogP contribution in [0.3, 0.4) is 0 Å². The van der Waals surface area contributed by atoms with Crippen LogP contribution < -0.4 is 21.2 Å². The van der Waals surface area contributed by atoms with Crippen LogP contribution in [0, 0.1) is 0 Å². The monoisotopic (exact) mass is 712 g/mol. The van der Waals surface area contributed by atoms with Gasteiger partial charge in [0, 0.05) is 25.9 Å². The molecule has 4 aromatic rings. The Morgan fingerprint density at radius 3 is 0.837 bits per heavy atom. The van der Waals surface area contributed by atoms with E-state index in [0.29, 0.717) is 0 Å². The van der Waals surface area contributed by atoms with Crippen LogP contribution >= 0.6 is 15.8 Å². The van der Waals surface area contributed by atoms with Crippen molar-refractivity contribution in [3.8, 4) is 0 Å². The maximum absolute atomic E-state index is 9.75. The number of hydrogen-bond acceptors (Lipinski definition) is 0. The largest absolute Gasteiger partial charge is 0.673 e. The van der Waals surface area contributed by atoms with Gasteiger partial charge in [-0.05, 0) is 74.2 Å². The van der Waals surface area contributed by atoms with E-state index in [0.717, 1.165) is 0 Å². The average Bonchev–Trinajstić information content (AvgIpc) is 2.98. The Balaban J connectivity index is 0.000000384. The van der Waals surface area contributed by atoms with Crippen molar-refractivity contribution in [2.24, 2.45) is 0 Å². The summed E-state index contributed by atoms with van der Waals surface area (Å²) in [4.78, 5) is 0. The van der Waals surface area contributed by atoms with Gasteiger partial charge in [0.05, 0.1) is 49.4 Å². The maximum Gasteiger partial charge on any atom is 0.673 e. The van der Waals surface area contributed by atoms with Gasteiger partial charge in [0.25, 0.3) is 0 Å². The van der Waals surface area contributed by atoms with Crippen LogP contribution in [0.15, 0.2) is 146 Å². The average molecular weight is 712 g/mol. The number of halogens is 4. The Morgan fingerprint density at radius 1 is 0.419 bits per heavy atom. The van der Waals surface area contributed by atoms with Gasteiger partial charge in [-0.15, -0.1) is 0 Å². The van der Waals surface area contributed by atoms with E-state index in [4.69, 9.17) is 0 Å². The van der Waals surface area contributed by atoms with Crippen molar-refractivity contribution in [1.82, 2.24) is 0 Å². The number of rotatable bonds is 8. The Labute approximate surface area is 270 Å². The minimum atomic E-state index is -6.00. The standard InChI is InChI=1S/C27H26P2.C8H12.BF4.Rh/c1-5-14-24(15-6-1)28(25-16-7-2-8-17-25)22-13-23-29(26-18-9-3-10-19-26)27-20-11-4-12-21-27;1-2-4-6-8-7-5-3-1;2-1(3,4)5;/h1-12,14-21H,13,22-23H2;1-2,7-8H,3-6H2;;/q;;-1;/p+2/b;2-1-,8-7-;;. The van der Waals surface area contributed by atoms with Gasteiger partial charge >= 0.3 is 7.25 Å². The fourth-order valence-electron chi connectivity index (χ4n) is 4.77. The molecule has 229 valence electrons. The van der Waals surface area contributed by atoms with Gasteiger partial charge < -0.3 is 17.3 Å². The Bertz CT molecular complexity index is 1110. The van der Waals surface area contributed by atoms with E-state index in [-0.39, 0.29) is 19.5 Å². The van der Waals surface area contributed by atoms with Crippen molar-refractivity contribution in [2.45, 2.75) is 32.1 Å². The van der Waals surface area contributed by atoms with E-state index in [1.54, 1.807) is 0 Å². The molecule has 1 radical (unpaired) electrons. The Kier molecular flexibility index (Phi) is 18.3. The fraction of sp³-hybridized carbons (Fsp3) is 0.200. The molecule has 1 aliphatic carbocycles. The molecule has 8 heteroatoms. The summed E-state index contributed by atoms with van der Waals surface area (Å²) in [5.74, 6) is 0. The first-order chi connectivity index (χ1) is 20.4. The zero-order valence-electron chi connectivity index (χ0n) is 24.2. The molecule has 0 nitrogen and oxygen atoms in total. The molecule has 0 saturated heterocycles. The van der Waals surface area contributed by atoms with E-state index in [9.17, 15) is 17.3 Å². The van der Waals surface area contributed by atoms with Gasteiger partial charge in [0.15, 0.2) is 0 Å². The minimum Gasteiger partial charge on any atom is -0.418 e. The molecule has 43 heavy (non-hydrogen) atoms. The topological polar surface area (TPSA) is 0 Å². The van der Waals surface area contributed by atoms with E-state index in [1.165, 1.54) is 65.6 Å². The number of benzene rings is 4. The summed E-state index contributed by atoms with van der Waals surface area (Å²) in [6, 6.07) is 44.6. The normalized spacial score (nSPS) is 14.1. The number of allylic oxidation sites excluding steroid dienone is 4. The molecule has 0 N–H and O–H groups in total. The predicted molar refractivity (Wildman–Crippen MR) is 182 cm³/mol. The summed E-state index contributed by atoms with van der Waals surface area (Å²) < 4.78 is 39.0. The van der Waals surface area contributed by atoms with Crippen LogP contribution in [0.4, 0.5) is 17.3 Å². The van der Waals surface area contributed by atoms with Crippen LogP contribution in [-0.4, -0.2) is 19.6 Å².